The Hall–Kier alpha value is 1.29. The summed E-state index contributed by atoms with van der Waals surface area (Å²) in [5.41, 5.74) is -0.612. The van der Waals surface area contributed by atoms with Gasteiger partial charge in [0.15, 0.2) is 0 Å². The molecule has 1 rings (SSSR count). The van der Waals surface area contributed by atoms with Crippen molar-refractivity contribution >= 4 is 8.80 Å². The zero-order chi connectivity index (χ0) is 9.62. The van der Waals surface area contributed by atoms with Gasteiger partial charge in [0, 0.05) is 0 Å². The summed E-state index contributed by atoms with van der Waals surface area (Å²) >= 11 is 0. The van der Waals surface area contributed by atoms with E-state index in [4.69, 9.17) is 4.43 Å². The maximum absolute atomic E-state index is 11.2. The second-order valence-corrected chi connectivity index (χ2v) is 6.75. The van der Waals surface area contributed by atoms with Crippen molar-refractivity contribution in [2.45, 2.75) is 45.8 Å². The van der Waals surface area contributed by atoms with Gasteiger partial charge in [0.05, 0.1) is 5.60 Å². The van der Waals surface area contributed by atoms with E-state index in [9.17, 15) is 9.59 Å². The van der Waals surface area contributed by atoms with Crippen LogP contribution in [0.15, 0.2) is 0 Å². The van der Waals surface area contributed by atoms with Crippen LogP contribution in [0.2, 0.25) is 6.04 Å². The van der Waals surface area contributed by atoms with E-state index in [0.29, 0.717) is 6.42 Å². The Morgan fingerprint density at radius 1 is 1.07 bits per heavy atom. The van der Waals surface area contributed by atoms with Crippen LogP contribution in [0.3, 0.4) is 0 Å². The summed E-state index contributed by atoms with van der Waals surface area (Å²) in [5, 5.41) is 0. The summed E-state index contributed by atoms with van der Waals surface area (Å²) in [4.78, 5) is 22.4. The Morgan fingerprint density at radius 3 is 1.79 bits per heavy atom. The van der Waals surface area contributed by atoms with Gasteiger partial charge < -0.3 is 14.0 Å². The topological polar surface area (TPSA) is 55.3 Å². The molecular weight excluding hydrogens is 186 g/mol. The normalized spacial score (nSPS) is 27.0. The number of hydrogen-bond donors (Lipinski definition) is 0. The molecule has 0 aliphatic carbocycles. The van der Waals surface area contributed by atoms with Gasteiger partial charge in [-0.2, -0.15) is 0 Å². The molecule has 1 fully saturated rings. The van der Waals surface area contributed by atoms with Crippen molar-refractivity contribution in [3.8, 4) is 0 Å². The summed E-state index contributed by atoms with van der Waals surface area (Å²) in [5.74, 6) is 0. The fraction of sp³-hybridized carbons (Fsp3) is 1.00. The van der Waals surface area contributed by atoms with E-state index in [-0.39, 0.29) is 49.2 Å². The summed E-state index contributed by atoms with van der Waals surface area (Å²) < 4.78 is 5.10. The molecule has 0 saturated carbocycles. The third-order valence-corrected chi connectivity index (χ3v) is 4.78. The average molecular weight is 202 g/mol. The van der Waals surface area contributed by atoms with Crippen LogP contribution in [0.4, 0.5) is 0 Å². The minimum absolute atomic E-state index is 0. The summed E-state index contributed by atoms with van der Waals surface area (Å²) in [6.45, 7) is 7.75. The molecule has 1 saturated heterocycles. The van der Waals surface area contributed by atoms with Gasteiger partial charge in [0.2, 0.25) is 0 Å². The van der Waals surface area contributed by atoms with E-state index in [1.54, 1.807) is 0 Å². The molecule has 1 heterocycles. The van der Waals surface area contributed by atoms with Crippen molar-refractivity contribution in [3.05, 3.63) is 0 Å². The van der Waals surface area contributed by atoms with Gasteiger partial charge in [-0.05, 0) is 34.5 Å². The fourth-order valence-corrected chi connectivity index (χ4v) is 3.43. The molecule has 0 atom stereocenters. The van der Waals surface area contributed by atoms with Crippen LogP contribution in [-0.4, -0.2) is 14.4 Å². The third kappa shape index (κ3) is 3.70. The minimum Gasteiger partial charge on any atom is -0.849 e. The van der Waals surface area contributed by atoms with Crippen molar-refractivity contribution in [1.82, 2.24) is 0 Å². The van der Waals surface area contributed by atoms with Crippen LogP contribution in [0.1, 0.15) is 34.1 Å². The smallest absolute Gasteiger partial charge is 0.849 e. The van der Waals surface area contributed by atoms with Gasteiger partial charge in [0.1, 0.15) is 0 Å². The second kappa shape index (κ2) is 5.08. The van der Waals surface area contributed by atoms with E-state index in [1.807, 2.05) is 27.7 Å². The zero-order valence-corrected chi connectivity index (χ0v) is 11.1. The van der Waals surface area contributed by atoms with E-state index >= 15 is 0 Å². The quantitative estimate of drug-likeness (QED) is 0.367. The first-order chi connectivity index (χ1) is 5.16. The summed E-state index contributed by atoms with van der Waals surface area (Å²) in [7, 11) is -3.81. The maximum atomic E-state index is 11.2. The molecule has 0 aromatic heterocycles. The molecule has 0 aromatic carbocycles. The molecule has 6 heteroatoms. The molecular formula is C8H16Li2O3Si. The van der Waals surface area contributed by atoms with Crippen molar-refractivity contribution in [2.24, 2.45) is 5.41 Å². The Balaban J connectivity index is 0. The van der Waals surface area contributed by atoms with Crippen LogP contribution < -0.4 is 47.3 Å². The second-order valence-electron chi connectivity index (χ2n) is 4.68. The molecule has 0 spiro atoms. The van der Waals surface area contributed by atoms with Crippen LogP contribution in [0, 0.1) is 5.41 Å². The van der Waals surface area contributed by atoms with Crippen molar-refractivity contribution < 1.29 is 51.7 Å². The van der Waals surface area contributed by atoms with Crippen molar-refractivity contribution in [3.63, 3.8) is 0 Å². The maximum Gasteiger partial charge on any atom is 1.00 e. The van der Waals surface area contributed by atoms with Gasteiger partial charge in [-0.15, -0.1) is 0 Å². The number of rotatable bonds is 0. The Kier molecular flexibility index (Phi) is 6.42. The molecule has 0 amide bonds. The van der Waals surface area contributed by atoms with Crippen LogP contribution in [-0.2, 0) is 4.43 Å². The molecule has 14 heavy (non-hydrogen) atoms. The van der Waals surface area contributed by atoms with E-state index in [2.05, 4.69) is 0 Å². The molecule has 3 nitrogen and oxygen atoms in total. The van der Waals surface area contributed by atoms with E-state index in [0.717, 1.165) is 0 Å². The first-order valence-corrected chi connectivity index (χ1v) is 6.21. The van der Waals surface area contributed by atoms with Gasteiger partial charge in [-0.25, -0.2) is 0 Å². The molecule has 0 bridgehead atoms. The van der Waals surface area contributed by atoms with Crippen molar-refractivity contribution in [1.29, 1.82) is 0 Å². The van der Waals surface area contributed by atoms with E-state index < -0.39 is 14.4 Å². The summed E-state index contributed by atoms with van der Waals surface area (Å²) in [6.07, 6.45) is 0.694. The first kappa shape index (κ1) is 17.7. The fourth-order valence-electron chi connectivity index (χ4n) is 1.34. The Labute approximate surface area is 111 Å². The van der Waals surface area contributed by atoms with E-state index in [1.165, 1.54) is 0 Å². The third-order valence-electron chi connectivity index (χ3n) is 3.10. The standard InChI is InChI=1S/C8H16O3Si.2Li/c1-7(2)5-6-12(9,10)11-8(7,3)4;;/h5-6H2,1-4H3;;/q-2;2*+1. The van der Waals surface area contributed by atoms with Crippen LogP contribution in [0.5, 0.6) is 0 Å². The predicted octanol–water partition coefficient (Wildman–Crippen LogP) is -6.12. The molecule has 0 N–H and O–H groups in total. The van der Waals surface area contributed by atoms with Crippen LogP contribution >= 0.6 is 0 Å². The predicted molar refractivity (Wildman–Crippen MR) is 44.1 cm³/mol. The minimum atomic E-state index is -3.81. The molecule has 1 aliphatic heterocycles. The Morgan fingerprint density at radius 2 is 1.50 bits per heavy atom. The molecule has 0 unspecified atom stereocenters. The first-order valence-electron chi connectivity index (χ1n) is 4.27. The van der Waals surface area contributed by atoms with Crippen LogP contribution in [0.25, 0.3) is 0 Å². The van der Waals surface area contributed by atoms with Gasteiger partial charge in [-0.1, -0.05) is 19.9 Å². The van der Waals surface area contributed by atoms with Gasteiger partial charge in [0.25, 0.3) is 0 Å². The number of hydrogen-bond acceptors (Lipinski definition) is 3. The van der Waals surface area contributed by atoms with Gasteiger partial charge in [-0.3, -0.25) is 0 Å². The Bertz CT molecular complexity index is 195. The molecule has 0 radical (unpaired) electrons. The van der Waals surface area contributed by atoms with Crippen molar-refractivity contribution in [2.75, 3.05) is 0 Å². The average Bonchev–Trinajstić information content (AvgIpc) is 1.79. The molecule has 0 aromatic rings. The monoisotopic (exact) mass is 202 g/mol. The zero-order valence-electron chi connectivity index (χ0n) is 10.1. The molecule has 1 aliphatic rings. The molecule has 72 valence electrons. The van der Waals surface area contributed by atoms with Gasteiger partial charge >= 0.3 is 37.7 Å². The largest absolute Gasteiger partial charge is 1.00 e. The summed E-state index contributed by atoms with van der Waals surface area (Å²) in [6, 6.07) is 0.198. The SMILES string of the molecule is CC1(C)CC[Si]([O-])([O-])OC1(C)C.[Li+].[Li+].